The molecular formula is C16H18N4O2. The number of ether oxygens (including phenoxy) is 1. The number of hydrogen-bond donors (Lipinski definition) is 1. The van der Waals surface area contributed by atoms with Crippen LogP contribution < -0.4 is 0 Å². The summed E-state index contributed by atoms with van der Waals surface area (Å²) in [7, 11) is 0. The second-order valence-corrected chi connectivity index (χ2v) is 5.31. The SMILES string of the molecule is C=N/C=C(\C1=C(C)C(O)COC1)c1ccc2nnc(C)n2c1. The van der Waals surface area contributed by atoms with Crippen molar-refractivity contribution in [3.8, 4) is 0 Å². The lowest BCUT2D eigenvalue weighted by atomic mass is 9.93. The van der Waals surface area contributed by atoms with Gasteiger partial charge in [-0.3, -0.25) is 9.39 Å². The van der Waals surface area contributed by atoms with Gasteiger partial charge < -0.3 is 9.84 Å². The van der Waals surface area contributed by atoms with Crippen LogP contribution in [0, 0.1) is 6.92 Å². The second kappa shape index (κ2) is 5.82. The first kappa shape index (κ1) is 14.6. The monoisotopic (exact) mass is 298 g/mol. The van der Waals surface area contributed by atoms with Crippen LogP contribution in [0.25, 0.3) is 11.2 Å². The first-order valence-electron chi connectivity index (χ1n) is 7.05. The normalized spacial score (nSPS) is 19.8. The molecule has 1 aliphatic heterocycles. The highest BCUT2D eigenvalue weighted by Gasteiger charge is 2.22. The van der Waals surface area contributed by atoms with Crippen molar-refractivity contribution in [1.82, 2.24) is 14.6 Å². The van der Waals surface area contributed by atoms with E-state index in [-0.39, 0.29) is 0 Å². The summed E-state index contributed by atoms with van der Waals surface area (Å²) in [6, 6.07) is 3.87. The fourth-order valence-corrected chi connectivity index (χ4v) is 2.59. The Morgan fingerprint density at radius 1 is 1.45 bits per heavy atom. The van der Waals surface area contributed by atoms with Crippen LogP contribution in [0.4, 0.5) is 0 Å². The quantitative estimate of drug-likeness (QED) is 0.877. The molecule has 0 saturated heterocycles. The maximum absolute atomic E-state index is 10.0. The topological polar surface area (TPSA) is 72.0 Å². The Hall–Kier alpha value is -2.31. The molecule has 1 atom stereocenters. The van der Waals surface area contributed by atoms with Crippen LogP contribution in [0.5, 0.6) is 0 Å². The van der Waals surface area contributed by atoms with Crippen LogP contribution >= 0.6 is 0 Å². The number of aryl methyl sites for hydroxylation is 1. The number of aliphatic hydroxyl groups excluding tert-OH is 1. The predicted octanol–water partition coefficient (Wildman–Crippen LogP) is 1.79. The van der Waals surface area contributed by atoms with Crippen molar-refractivity contribution in [1.29, 1.82) is 0 Å². The van der Waals surface area contributed by atoms with Gasteiger partial charge in [-0.15, -0.1) is 10.2 Å². The van der Waals surface area contributed by atoms with Gasteiger partial charge in [0.05, 0.1) is 19.3 Å². The van der Waals surface area contributed by atoms with E-state index in [4.69, 9.17) is 4.74 Å². The van der Waals surface area contributed by atoms with Gasteiger partial charge in [0.1, 0.15) is 5.82 Å². The molecule has 2 aromatic rings. The molecule has 0 aromatic carbocycles. The van der Waals surface area contributed by atoms with E-state index < -0.39 is 6.10 Å². The van der Waals surface area contributed by atoms with Crippen LogP contribution in [-0.2, 0) is 4.74 Å². The Morgan fingerprint density at radius 3 is 3.05 bits per heavy atom. The summed E-state index contributed by atoms with van der Waals surface area (Å²) in [6.45, 7) is 8.14. The number of pyridine rings is 1. The van der Waals surface area contributed by atoms with E-state index in [1.165, 1.54) is 0 Å². The highest BCUT2D eigenvalue weighted by Crippen LogP contribution is 2.30. The Labute approximate surface area is 128 Å². The lowest BCUT2D eigenvalue weighted by Crippen LogP contribution is -2.25. The molecule has 1 unspecified atom stereocenters. The first-order valence-corrected chi connectivity index (χ1v) is 7.05. The number of aromatic nitrogens is 3. The minimum Gasteiger partial charge on any atom is -0.386 e. The van der Waals surface area contributed by atoms with Crippen LogP contribution in [0.1, 0.15) is 18.3 Å². The Morgan fingerprint density at radius 2 is 2.27 bits per heavy atom. The number of aliphatic imine (C=N–C) groups is 1. The Balaban J connectivity index is 2.14. The molecule has 0 bridgehead atoms. The van der Waals surface area contributed by atoms with Crippen LogP contribution in [0.2, 0.25) is 0 Å². The van der Waals surface area contributed by atoms with Crippen molar-refractivity contribution in [2.45, 2.75) is 20.0 Å². The summed E-state index contributed by atoms with van der Waals surface area (Å²) in [4.78, 5) is 3.91. The highest BCUT2D eigenvalue weighted by atomic mass is 16.5. The van der Waals surface area contributed by atoms with Crippen molar-refractivity contribution in [2.24, 2.45) is 4.99 Å². The summed E-state index contributed by atoms with van der Waals surface area (Å²) in [5.41, 5.74) is 4.48. The molecule has 6 nitrogen and oxygen atoms in total. The van der Waals surface area contributed by atoms with Gasteiger partial charge in [-0.25, -0.2) is 0 Å². The molecule has 0 spiro atoms. The van der Waals surface area contributed by atoms with Gasteiger partial charge in [0.15, 0.2) is 5.65 Å². The smallest absolute Gasteiger partial charge is 0.160 e. The zero-order chi connectivity index (χ0) is 15.7. The number of rotatable bonds is 3. The van der Waals surface area contributed by atoms with Gasteiger partial charge in [0.25, 0.3) is 0 Å². The number of fused-ring (bicyclic) bond motifs is 1. The summed E-state index contributed by atoms with van der Waals surface area (Å²) >= 11 is 0. The Kier molecular flexibility index (Phi) is 3.87. The molecule has 3 heterocycles. The lowest BCUT2D eigenvalue weighted by Gasteiger charge is -2.24. The van der Waals surface area contributed by atoms with E-state index in [1.54, 1.807) is 6.20 Å². The second-order valence-electron chi connectivity index (χ2n) is 5.31. The predicted molar refractivity (Wildman–Crippen MR) is 84.8 cm³/mol. The molecule has 1 aliphatic rings. The van der Waals surface area contributed by atoms with Gasteiger partial charge in [-0.1, -0.05) is 0 Å². The average Bonchev–Trinajstić information content (AvgIpc) is 2.89. The third kappa shape index (κ3) is 2.47. The van der Waals surface area contributed by atoms with Crippen molar-refractivity contribution in [3.63, 3.8) is 0 Å². The fourth-order valence-electron chi connectivity index (χ4n) is 2.59. The average molecular weight is 298 g/mol. The van der Waals surface area contributed by atoms with E-state index in [9.17, 15) is 5.11 Å². The van der Waals surface area contributed by atoms with E-state index in [0.717, 1.165) is 33.8 Å². The van der Waals surface area contributed by atoms with Crippen molar-refractivity contribution in [2.75, 3.05) is 13.2 Å². The van der Waals surface area contributed by atoms with Gasteiger partial charge in [-0.2, -0.15) is 0 Å². The molecule has 1 N–H and O–H groups in total. The molecule has 2 aromatic heterocycles. The molecular weight excluding hydrogens is 280 g/mol. The highest BCUT2D eigenvalue weighted by molar-refractivity contribution is 5.80. The molecule has 114 valence electrons. The molecule has 0 radical (unpaired) electrons. The molecule has 22 heavy (non-hydrogen) atoms. The zero-order valence-electron chi connectivity index (χ0n) is 12.7. The van der Waals surface area contributed by atoms with Gasteiger partial charge >= 0.3 is 0 Å². The van der Waals surface area contributed by atoms with E-state index >= 15 is 0 Å². The molecule has 0 fully saturated rings. The maximum atomic E-state index is 10.0. The third-order valence-corrected chi connectivity index (χ3v) is 3.93. The van der Waals surface area contributed by atoms with Crippen molar-refractivity contribution < 1.29 is 9.84 Å². The van der Waals surface area contributed by atoms with Crippen LogP contribution in [0.15, 0.2) is 40.7 Å². The van der Waals surface area contributed by atoms with E-state index in [0.29, 0.717) is 13.2 Å². The number of hydrogen-bond acceptors (Lipinski definition) is 5. The molecule has 0 aliphatic carbocycles. The lowest BCUT2D eigenvalue weighted by molar-refractivity contribution is 0.0518. The van der Waals surface area contributed by atoms with Crippen molar-refractivity contribution >= 4 is 17.9 Å². The van der Waals surface area contributed by atoms with Crippen LogP contribution in [0.3, 0.4) is 0 Å². The molecule has 0 amide bonds. The standard InChI is InChI=1S/C16H18N4O2/c1-10-14(8-22-9-15(10)21)13(6-17-3)12-4-5-16-19-18-11(2)20(16)7-12/h4-7,15,21H,3,8-9H2,1-2H3/b13-6-. The largest absolute Gasteiger partial charge is 0.386 e. The molecule has 0 saturated carbocycles. The summed E-state index contributed by atoms with van der Waals surface area (Å²) in [5.74, 6) is 0.813. The van der Waals surface area contributed by atoms with Crippen LogP contribution in [-0.4, -0.2) is 45.7 Å². The van der Waals surface area contributed by atoms with Gasteiger partial charge in [-0.05, 0) is 43.8 Å². The summed E-state index contributed by atoms with van der Waals surface area (Å²) < 4.78 is 7.39. The van der Waals surface area contributed by atoms with Gasteiger partial charge in [0, 0.05) is 23.5 Å². The van der Waals surface area contributed by atoms with Crippen molar-refractivity contribution in [3.05, 3.63) is 47.1 Å². The minimum absolute atomic E-state index is 0.327. The zero-order valence-corrected chi connectivity index (χ0v) is 12.7. The molecule has 3 rings (SSSR count). The van der Waals surface area contributed by atoms with E-state index in [1.807, 2.05) is 36.6 Å². The number of aliphatic hydroxyl groups is 1. The fraction of sp³-hybridized carbons (Fsp3) is 0.312. The minimum atomic E-state index is -0.586. The third-order valence-electron chi connectivity index (χ3n) is 3.93. The summed E-state index contributed by atoms with van der Waals surface area (Å²) in [5, 5.41) is 18.2. The Bertz CT molecular complexity index is 789. The summed E-state index contributed by atoms with van der Waals surface area (Å²) in [6.07, 6.45) is 3.07. The number of nitrogens with zero attached hydrogens (tertiary/aromatic N) is 4. The first-order chi connectivity index (χ1) is 10.6. The molecule has 6 heteroatoms. The van der Waals surface area contributed by atoms with Gasteiger partial charge in [0.2, 0.25) is 0 Å². The maximum Gasteiger partial charge on any atom is 0.160 e. The van der Waals surface area contributed by atoms with E-state index in [2.05, 4.69) is 21.9 Å².